The Labute approximate surface area is 106 Å². The van der Waals surface area contributed by atoms with Crippen molar-refractivity contribution in [2.75, 3.05) is 6.54 Å². The van der Waals surface area contributed by atoms with Gasteiger partial charge in [-0.05, 0) is 44.9 Å². The molecule has 1 aliphatic heterocycles. The van der Waals surface area contributed by atoms with Crippen LogP contribution in [0.1, 0.15) is 44.0 Å². The number of fused-ring (bicyclic) bond motifs is 1. The Morgan fingerprint density at radius 3 is 2.94 bits per heavy atom. The van der Waals surface area contributed by atoms with Crippen molar-refractivity contribution in [3.63, 3.8) is 0 Å². The Morgan fingerprint density at radius 2 is 2.22 bits per heavy atom. The summed E-state index contributed by atoms with van der Waals surface area (Å²) < 4.78 is 2.41. The molecule has 2 aliphatic rings. The lowest BCUT2D eigenvalue weighted by Crippen LogP contribution is -2.23. The largest absolute Gasteiger partial charge is 0.314 e. The van der Waals surface area contributed by atoms with Crippen molar-refractivity contribution < 1.29 is 0 Å². The Balaban J connectivity index is 1.90. The van der Waals surface area contributed by atoms with E-state index in [2.05, 4.69) is 27.9 Å². The van der Waals surface area contributed by atoms with Gasteiger partial charge in [0.25, 0.3) is 0 Å². The number of rotatable bonds is 2. The SMILES string of the molecule is CC1NCCC1c1nc2cccnc2n1C1CC1. The second-order valence-corrected chi connectivity index (χ2v) is 5.56. The molecule has 3 heterocycles. The lowest BCUT2D eigenvalue weighted by Gasteiger charge is -2.16. The molecule has 2 unspecified atom stereocenters. The monoisotopic (exact) mass is 242 g/mol. The van der Waals surface area contributed by atoms with Crippen LogP contribution in [0.3, 0.4) is 0 Å². The molecular formula is C14H18N4. The highest BCUT2D eigenvalue weighted by atomic mass is 15.2. The van der Waals surface area contributed by atoms with E-state index >= 15 is 0 Å². The van der Waals surface area contributed by atoms with Gasteiger partial charge in [-0.1, -0.05) is 0 Å². The highest BCUT2D eigenvalue weighted by Crippen LogP contribution is 2.41. The van der Waals surface area contributed by atoms with Crippen molar-refractivity contribution in [2.24, 2.45) is 0 Å². The molecule has 1 saturated heterocycles. The van der Waals surface area contributed by atoms with E-state index in [9.17, 15) is 0 Å². The van der Waals surface area contributed by atoms with Crippen LogP contribution < -0.4 is 5.32 Å². The molecule has 0 aromatic carbocycles. The minimum Gasteiger partial charge on any atom is -0.314 e. The number of nitrogens with zero attached hydrogens (tertiary/aromatic N) is 3. The van der Waals surface area contributed by atoms with Gasteiger partial charge in [-0.15, -0.1) is 0 Å². The van der Waals surface area contributed by atoms with Crippen LogP contribution in [0.15, 0.2) is 18.3 Å². The lowest BCUT2D eigenvalue weighted by atomic mass is 10.0. The number of imidazole rings is 1. The van der Waals surface area contributed by atoms with E-state index in [0.717, 1.165) is 17.7 Å². The first-order valence-corrected chi connectivity index (χ1v) is 6.91. The van der Waals surface area contributed by atoms with Gasteiger partial charge in [0.05, 0.1) is 0 Å². The highest BCUT2D eigenvalue weighted by Gasteiger charge is 2.35. The average Bonchev–Trinajstić information content (AvgIpc) is 3.01. The van der Waals surface area contributed by atoms with Gasteiger partial charge in [0.1, 0.15) is 11.3 Å². The zero-order valence-corrected chi connectivity index (χ0v) is 10.6. The van der Waals surface area contributed by atoms with Crippen molar-refractivity contribution in [2.45, 2.75) is 44.2 Å². The second kappa shape index (κ2) is 3.79. The fourth-order valence-corrected chi connectivity index (χ4v) is 3.11. The summed E-state index contributed by atoms with van der Waals surface area (Å²) in [5.41, 5.74) is 2.13. The first kappa shape index (κ1) is 10.5. The van der Waals surface area contributed by atoms with E-state index in [4.69, 9.17) is 4.98 Å². The smallest absolute Gasteiger partial charge is 0.160 e. The second-order valence-electron chi connectivity index (χ2n) is 5.56. The van der Waals surface area contributed by atoms with Crippen molar-refractivity contribution >= 4 is 11.2 Å². The summed E-state index contributed by atoms with van der Waals surface area (Å²) in [4.78, 5) is 9.41. The van der Waals surface area contributed by atoms with Crippen LogP contribution in [-0.4, -0.2) is 27.1 Å². The van der Waals surface area contributed by atoms with Crippen molar-refractivity contribution in [3.8, 4) is 0 Å². The molecule has 0 bridgehead atoms. The lowest BCUT2D eigenvalue weighted by molar-refractivity contribution is 0.537. The van der Waals surface area contributed by atoms with E-state index in [1.54, 1.807) is 0 Å². The van der Waals surface area contributed by atoms with Crippen LogP contribution in [0.2, 0.25) is 0 Å². The first-order chi connectivity index (χ1) is 8.84. The summed E-state index contributed by atoms with van der Waals surface area (Å²) in [7, 11) is 0. The summed E-state index contributed by atoms with van der Waals surface area (Å²) in [6.07, 6.45) is 5.63. The number of pyridine rings is 1. The molecular weight excluding hydrogens is 224 g/mol. The molecule has 2 atom stereocenters. The molecule has 2 aromatic heterocycles. The van der Waals surface area contributed by atoms with Gasteiger partial charge in [-0.2, -0.15) is 0 Å². The molecule has 1 N–H and O–H groups in total. The van der Waals surface area contributed by atoms with Crippen LogP contribution in [0.25, 0.3) is 11.2 Å². The summed E-state index contributed by atoms with van der Waals surface area (Å²) in [5, 5.41) is 3.53. The Bertz CT molecular complexity index is 584. The van der Waals surface area contributed by atoms with Gasteiger partial charge in [0.2, 0.25) is 0 Å². The summed E-state index contributed by atoms with van der Waals surface area (Å²) >= 11 is 0. The summed E-state index contributed by atoms with van der Waals surface area (Å²) in [6, 6.07) is 5.23. The number of nitrogens with one attached hydrogen (secondary N) is 1. The third-order valence-electron chi connectivity index (χ3n) is 4.24. The molecule has 2 fully saturated rings. The molecule has 94 valence electrons. The standard InChI is InChI=1S/C14H18N4/c1-9-11(6-8-15-9)13-17-12-3-2-7-16-14(12)18(13)10-4-5-10/h2-3,7,9-11,15H,4-6,8H2,1H3. The van der Waals surface area contributed by atoms with Gasteiger partial charge in [0.15, 0.2) is 5.65 Å². The van der Waals surface area contributed by atoms with E-state index in [0.29, 0.717) is 18.0 Å². The maximum absolute atomic E-state index is 4.87. The number of hydrogen-bond acceptors (Lipinski definition) is 3. The third-order valence-corrected chi connectivity index (χ3v) is 4.24. The molecule has 0 radical (unpaired) electrons. The van der Waals surface area contributed by atoms with E-state index in [-0.39, 0.29) is 0 Å². The van der Waals surface area contributed by atoms with E-state index in [1.807, 2.05) is 12.3 Å². The molecule has 1 aliphatic carbocycles. The van der Waals surface area contributed by atoms with E-state index in [1.165, 1.54) is 25.1 Å². The molecule has 18 heavy (non-hydrogen) atoms. The van der Waals surface area contributed by atoms with E-state index < -0.39 is 0 Å². The predicted molar refractivity (Wildman–Crippen MR) is 70.6 cm³/mol. The minimum atomic E-state index is 0.527. The highest BCUT2D eigenvalue weighted by molar-refractivity contribution is 5.71. The Hall–Kier alpha value is -1.42. The molecule has 0 spiro atoms. The van der Waals surface area contributed by atoms with Crippen molar-refractivity contribution in [1.82, 2.24) is 19.9 Å². The Morgan fingerprint density at radius 1 is 1.33 bits per heavy atom. The maximum Gasteiger partial charge on any atom is 0.160 e. The molecule has 4 rings (SSSR count). The van der Waals surface area contributed by atoms with Crippen LogP contribution >= 0.6 is 0 Å². The van der Waals surface area contributed by atoms with Gasteiger partial charge in [0, 0.05) is 24.2 Å². The number of hydrogen-bond donors (Lipinski definition) is 1. The fraction of sp³-hybridized carbons (Fsp3) is 0.571. The van der Waals surface area contributed by atoms with Crippen LogP contribution in [0, 0.1) is 0 Å². The number of aromatic nitrogens is 3. The molecule has 1 saturated carbocycles. The third kappa shape index (κ3) is 1.48. The first-order valence-electron chi connectivity index (χ1n) is 6.91. The van der Waals surface area contributed by atoms with Gasteiger partial charge in [-0.25, -0.2) is 9.97 Å². The fourth-order valence-electron chi connectivity index (χ4n) is 3.11. The predicted octanol–water partition coefficient (Wildman–Crippen LogP) is 2.23. The normalized spacial score (nSPS) is 28.1. The summed E-state index contributed by atoms with van der Waals surface area (Å²) in [6.45, 7) is 3.37. The quantitative estimate of drug-likeness (QED) is 0.878. The topological polar surface area (TPSA) is 42.7 Å². The van der Waals surface area contributed by atoms with Crippen molar-refractivity contribution in [1.29, 1.82) is 0 Å². The van der Waals surface area contributed by atoms with Gasteiger partial charge in [-0.3, -0.25) is 0 Å². The van der Waals surface area contributed by atoms with Crippen LogP contribution in [0.4, 0.5) is 0 Å². The summed E-state index contributed by atoms with van der Waals surface area (Å²) in [5.74, 6) is 1.79. The van der Waals surface area contributed by atoms with Gasteiger partial charge < -0.3 is 9.88 Å². The van der Waals surface area contributed by atoms with Gasteiger partial charge >= 0.3 is 0 Å². The van der Waals surface area contributed by atoms with Crippen molar-refractivity contribution in [3.05, 3.63) is 24.2 Å². The Kier molecular flexibility index (Phi) is 2.21. The van der Waals surface area contributed by atoms with Crippen LogP contribution in [-0.2, 0) is 0 Å². The average molecular weight is 242 g/mol. The minimum absolute atomic E-state index is 0.527. The molecule has 4 nitrogen and oxygen atoms in total. The molecule has 4 heteroatoms. The zero-order chi connectivity index (χ0) is 12.1. The molecule has 0 amide bonds. The van der Waals surface area contributed by atoms with Crippen LogP contribution in [0.5, 0.6) is 0 Å². The zero-order valence-electron chi connectivity index (χ0n) is 10.6. The maximum atomic E-state index is 4.87. The molecule has 2 aromatic rings.